The number of rotatable bonds is 0. The van der Waals surface area contributed by atoms with Crippen LogP contribution >= 0.6 is 0 Å². The van der Waals surface area contributed by atoms with Crippen molar-refractivity contribution in [3.8, 4) is 0 Å². The van der Waals surface area contributed by atoms with Gasteiger partial charge in [-0.05, 0) is 298 Å². The van der Waals surface area contributed by atoms with E-state index in [4.69, 9.17) is 0 Å². The van der Waals surface area contributed by atoms with Crippen molar-refractivity contribution in [2.75, 3.05) is 0 Å². The Hall–Kier alpha value is 0. The Kier molecular flexibility index (Phi) is 0.901. The van der Waals surface area contributed by atoms with E-state index >= 15 is 0 Å². The zero-order valence-corrected chi connectivity index (χ0v) is 28.6. The van der Waals surface area contributed by atoms with Crippen LogP contribution in [-0.2, 0) is 0 Å². The van der Waals surface area contributed by atoms with E-state index < -0.39 is 0 Å². The van der Waals surface area contributed by atoms with Gasteiger partial charge in [0.1, 0.15) is 0 Å². The Balaban J connectivity index is 0.741. The SMILES string of the molecule is C1C2C3CC4C5C6C7C8C9C%10C%11C%12C%13C%14C%15C%16C%17C%15C%14%15C%17%14C%16C%16C%17C%18C%19C%20C%21C%22C%23C%24C1C21C34C52C%241C%231C62C72C%221C%211C82C92C%103C%114C%125C%13%15C%16%14C%175C%184C%193C%2012. The summed E-state index contributed by atoms with van der Waals surface area (Å²) in [5.74, 6) is 39.4. The van der Waals surface area contributed by atoms with E-state index in [1.807, 2.05) is 12.8 Å². The maximum atomic E-state index is 1.82. The molecule has 52 heavy (non-hydrogen) atoms. The summed E-state index contributed by atoms with van der Waals surface area (Å²) in [5.41, 5.74) is 24.8. The van der Waals surface area contributed by atoms with Crippen LogP contribution in [0.5, 0.6) is 0 Å². The molecule has 0 bridgehead atoms. The molecule has 37 saturated carbocycles. The molecule has 0 heterocycles. The standard InChI is InChI=1S/C52H32/c1-3-4-2-6-10-16-20-24-28-30-26-22-18-14-8-7-11-12(8)34(14)33(11)13(7)17-21-25-29-27-23-19-15-9-5(1)31(3)32(4,6)36(10)35(9,31)39(15)40(16,36)44(20)43(19,39)47(23)48(24,44)52(28)50(30)46(26)42(22)38(18,34)37(17,33)41(21,42)45(25,46)49(29,50)51(27,47)52/h3-30H,1-2H2. The number of fused-ring (bicyclic) bond motifs is 24. The van der Waals surface area contributed by atoms with E-state index in [2.05, 4.69) is 0 Å². The molecule has 240 valence electrons. The normalized spacial score (nSPS) is 140. The highest BCUT2D eigenvalue weighted by Gasteiger charge is 3.60. The molecule has 0 aromatic heterocycles. The molecule has 0 heteroatoms. The third kappa shape index (κ3) is 0.395. The summed E-state index contributed by atoms with van der Waals surface area (Å²) in [5, 5.41) is 0. The van der Waals surface area contributed by atoms with Crippen LogP contribution in [0.2, 0.25) is 0 Å². The minimum absolute atomic E-state index is 1.10. The van der Waals surface area contributed by atoms with Gasteiger partial charge in [0.15, 0.2) is 0 Å². The van der Waals surface area contributed by atoms with E-state index in [9.17, 15) is 0 Å². The van der Waals surface area contributed by atoms with Crippen LogP contribution < -0.4 is 0 Å². The van der Waals surface area contributed by atoms with Gasteiger partial charge in [-0.25, -0.2) is 0 Å². The van der Waals surface area contributed by atoms with Crippen LogP contribution in [0.25, 0.3) is 0 Å². The van der Waals surface area contributed by atoms with E-state index in [0.29, 0.717) is 0 Å². The minimum Gasteiger partial charge on any atom is -0.0458 e. The fraction of sp³-hybridized carbons (Fsp3) is 1.00. The Morgan fingerprint density at radius 2 is 0.385 bits per heavy atom. The Morgan fingerprint density at radius 3 is 0.692 bits per heavy atom. The summed E-state index contributed by atoms with van der Waals surface area (Å²) in [7, 11) is 0. The van der Waals surface area contributed by atoms with Crippen LogP contribution in [0.15, 0.2) is 0 Å². The first-order valence-corrected chi connectivity index (χ1v) is 25.9. The van der Waals surface area contributed by atoms with E-state index in [1.165, 1.54) is 166 Å². The highest BCUT2D eigenvalue weighted by molar-refractivity contribution is 6.04. The molecule has 22 spiro atoms. The molecule has 0 saturated heterocycles. The van der Waals surface area contributed by atoms with Crippen molar-refractivity contribution in [3.63, 3.8) is 0 Å². The molecular formula is C52H32. The molecule has 37 aliphatic carbocycles. The van der Waals surface area contributed by atoms with Gasteiger partial charge in [0, 0.05) is 0 Å². The molecule has 0 aromatic carbocycles. The lowest BCUT2D eigenvalue weighted by molar-refractivity contribution is -1.14. The molecule has 0 amide bonds. The highest BCUT2D eigenvalue weighted by Crippen LogP contribution is 3.61. The van der Waals surface area contributed by atoms with Crippen molar-refractivity contribution in [3.05, 3.63) is 0 Å². The second-order valence-electron chi connectivity index (χ2n) is 33.6. The maximum absolute atomic E-state index is 1.82. The molecule has 0 N–H and O–H groups in total. The summed E-state index contributed by atoms with van der Waals surface area (Å²) >= 11 is 0. The van der Waals surface area contributed by atoms with Gasteiger partial charge in [0.05, 0.1) is 0 Å². The zero-order valence-electron chi connectivity index (χ0n) is 28.6. The van der Waals surface area contributed by atoms with Gasteiger partial charge in [-0.3, -0.25) is 0 Å². The molecule has 0 aromatic rings. The van der Waals surface area contributed by atoms with Crippen LogP contribution in [-0.4, -0.2) is 0 Å². The van der Waals surface area contributed by atoms with Crippen molar-refractivity contribution >= 4 is 0 Å². The van der Waals surface area contributed by atoms with Crippen LogP contribution in [0.3, 0.4) is 0 Å². The monoisotopic (exact) mass is 656 g/mol. The lowest BCUT2D eigenvalue weighted by Crippen LogP contribution is -3.57. The molecule has 50 unspecified atom stereocenters. The van der Waals surface area contributed by atoms with Crippen LogP contribution in [0.4, 0.5) is 0 Å². The number of hydrogen-bond donors (Lipinski definition) is 0. The molecule has 37 fully saturated rings. The Labute approximate surface area is 296 Å². The fourth-order valence-electron chi connectivity index (χ4n) is 56.2. The quantitative estimate of drug-likeness (QED) is 0.367. The second kappa shape index (κ2) is 2.68. The summed E-state index contributed by atoms with van der Waals surface area (Å²) in [6.07, 6.45) is 3.64. The predicted molar refractivity (Wildman–Crippen MR) is 160 cm³/mol. The molecule has 0 radical (unpaired) electrons. The first-order valence-electron chi connectivity index (χ1n) is 25.9. The summed E-state index contributed by atoms with van der Waals surface area (Å²) in [4.78, 5) is 0. The minimum atomic E-state index is 1.10. The predicted octanol–water partition coefficient (Wildman–Crippen LogP) is 4.22. The third-order valence-electron chi connectivity index (χ3n) is 44.8. The van der Waals surface area contributed by atoms with Crippen LogP contribution in [0.1, 0.15) is 12.8 Å². The Morgan fingerprint density at radius 1 is 0.173 bits per heavy atom. The molecule has 50 atom stereocenters. The van der Waals surface area contributed by atoms with Gasteiger partial charge < -0.3 is 0 Å². The van der Waals surface area contributed by atoms with Crippen molar-refractivity contribution in [2.45, 2.75) is 12.8 Å². The largest absolute Gasteiger partial charge is 0.0458 e. The average Bonchev–Trinajstić information content (AvgIpc) is 3.00. The summed E-state index contributed by atoms with van der Waals surface area (Å²) in [6, 6.07) is 0. The van der Waals surface area contributed by atoms with Crippen molar-refractivity contribution < 1.29 is 0 Å². The summed E-state index contributed by atoms with van der Waals surface area (Å²) < 4.78 is 0. The topological polar surface area (TPSA) is 0 Å². The number of hydrogen-bond acceptors (Lipinski definition) is 0. The molecule has 0 nitrogen and oxygen atoms in total. The van der Waals surface area contributed by atoms with Crippen molar-refractivity contribution in [1.82, 2.24) is 0 Å². The van der Waals surface area contributed by atoms with E-state index in [0.717, 1.165) is 119 Å². The lowest BCUT2D eigenvalue weighted by Gasteiger charge is -3.58. The van der Waals surface area contributed by atoms with Gasteiger partial charge in [-0.2, -0.15) is 0 Å². The lowest BCUT2D eigenvalue weighted by atomic mass is 8.44. The molecule has 37 rings (SSSR count). The second-order valence-corrected chi connectivity index (χ2v) is 33.6. The van der Waals surface area contributed by atoms with Crippen LogP contribution in [0, 0.1) is 285 Å². The first-order chi connectivity index (χ1) is 25.9. The molecule has 0 aliphatic heterocycles. The smallest absolute Gasteiger partial charge is 0.00502 e. The Bertz CT molecular complexity index is 3080. The fourth-order valence-corrected chi connectivity index (χ4v) is 56.2. The van der Waals surface area contributed by atoms with Crippen molar-refractivity contribution in [1.29, 1.82) is 0 Å². The zero-order chi connectivity index (χ0) is 28.6. The summed E-state index contributed by atoms with van der Waals surface area (Å²) in [6.45, 7) is 0. The van der Waals surface area contributed by atoms with Gasteiger partial charge in [-0.1, -0.05) is 0 Å². The van der Waals surface area contributed by atoms with Gasteiger partial charge >= 0.3 is 0 Å². The molecular weight excluding hydrogens is 625 g/mol. The first kappa shape index (κ1) is 17.5. The van der Waals surface area contributed by atoms with Gasteiger partial charge in [-0.15, -0.1) is 0 Å². The third-order valence-corrected chi connectivity index (χ3v) is 44.8. The molecule has 37 aliphatic rings. The highest BCUT2D eigenvalue weighted by atomic mass is 15.6. The van der Waals surface area contributed by atoms with E-state index in [-0.39, 0.29) is 0 Å². The average molecular weight is 657 g/mol. The van der Waals surface area contributed by atoms with Gasteiger partial charge in [0.2, 0.25) is 0 Å². The van der Waals surface area contributed by atoms with Gasteiger partial charge in [0.25, 0.3) is 0 Å². The maximum Gasteiger partial charge on any atom is -0.00502 e. The van der Waals surface area contributed by atoms with Crippen molar-refractivity contribution in [2.24, 2.45) is 285 Å². The van der Waals surface area contributed by atoms with E-state index in [1.54, 1.807) is 0 Å².